The summed E-state index contributed by atoms with van der Waals surface area (Å²) in [6.45, 7) is 0. The van der Waals surface area contributed by atoms with Crippen molar-refractivity contribution >= 4 is 93.1 Å². The first-order valence-electron chi connectivity index (χ1n) is 23.7. The van der Waals surface area contributed by atoms with Gasteiger partial charge in [-0.05, 0) is 128 Å². The van der Waals surface area contributed by atoms with Gasteiger partial charge in [-0.2, -0.15) is 0 Å². The molecule has 69 heavy (non-hydrogen) atoms. The monoisotopic (exact) mass is 878 g/mol. The van der Waals surface area contributed by atoms with Gasteiger partial charge in [-0.25, -0.2) is 0 Å². The lowest BCUT2D eigenvalue weighted by molar-refractivity contribution is 0.672. The highest BCUT2D eigenvalue weighted by atomic mass is 16.3. The van der Waals surface area contributed by atoms with Crippen LogP contribution in [-0.2, 0) is 0 Å². The molecular formula is C66H42N2O. The van der Waals surface area contributed by atoms with Gasteiger partial charge in [0.1, 0.15) is 11.2 Å². The zero-order valence-electron chi connectivity index (χ0n) is 37.6. The summed E-state index contributed by atoms with van der Waals surface area (Å²) in [5, 5.41) is 12.0. The Kier molecular flexibility index (Phi) is 8.90. The second-order valence-corrected chi connectivity index (χ2v) is 18.0. The van der Waals surface area contributed by atoms with E-state index in [1.54, 1.807) is 0 Å². The molecule has 0 N–H and O–H groups in total. The Bertz CT molecular complexity index is 4260. The van der Waals surface area contributed by atoms with Crippen LogP contribution < -0.4 is 4.90 Å². The number of anilines is 3. The second kappa shape index (κ2) is 15.7. The van der Waals surface area contributed by atoms with Crippen molar-refractivity contribution in [1.82, 2.24) is 4.57 Å². The number of nitrogens with zero attached hydrogens (tertiary/aromatic N) is 2. The van der Waals surface area contributed by atoms with Crippen molar-refractivity contribution in [3.8, 4) is 39.1 Å². The molecule has 2 aromatic heterocycles. The van der Waals surface area contributed by atoms with Gasteiger partial charge in [0.05, 0.1) is 16.7 Å². The Morgan fingerprint density at radius 3 is 1.70 bits per heavy atom. The maximum atomic E-state index is 6.84. The maximum Gasteiger partial charge on any atom is 0.143 e. The molecule has 14 rings (SSSR count). The quantitative estimate of drug-likeness (QED) is 0.149. The first-order valence-corrected chi connectivity index (χ1v) is 23.7. The molecule has 0 saturated heterocycles. The lowest BCUT2D eigenvalue weighted by Crippen LogP contribution is -2.11. The standard InChI is InChI=1S/C66H42N2O/c1-2-15-44(16-3-1)61-41-48(60-40-47-18-5-6-21-52(47)54-23-8-9-24-55(54)60)32-38-64(61)67(51-35-37-58-59-36-31-45-17-4-7-22-53(45)66(59)69-65(58)42-51)49-33-29-43(30-34-49)46-19-14-20-50(39-46)68-62-27-12-10-25-56(62)57-26-11-13-28-63(57)68/h1-42H. The zero-order valence-corrected chi connectivity index (χ0v) is 37.6. The van der Waals surface area contributed by atoms with Gasteiger partial charge in [-0.3, -0.25) is 0 Å². The fourth-order valence-corrected chi connectivity index (χ4v) is 10.9. The summed E-state index contributed by atoms with van der Waals surface area (Å²) < 4.78 is 9.23. The van der Waals surface area contributed by atoms with Crippen LogP contribution in [0.4, 0.5) is 17.1 Å². The van der Waals surface area contributed by atoms with Crippen LogP contribution in [0, 0.1) is 0 Å². The van der Waals surface area contributed by atoms with Crippen LogP contribution in [-0.4, -0.2) is 4.57 Å². The Labute approximate surface area is 399 Å². The summed E-state index contributed by atoms with van der Waals surface area (Å²) in [6, 6.07) is 92.5. The van der Waals surface area contributed by atoms with Crippen molar-refractivity contribution in [2.24, 2.45) is 0 Å². The van der Waals surface area contributed by atoms with Crippen molar-refractivity contribution in [2.45, 2.75) is 0 Å². The molecule has 3 nitrogen and oxygen atoms in total. The van der Waals surface area contributed by atoms with E-state index in [4.69, 9.17) is 4.42 Å². The summed E-state index contributed by atoms with van der Waals surface area (Å²) in [6.07, 6.45) is 0. The summed E-state index contributed by atoms with van der Waals surface area (Å²) in [7, 11) is 0. The molecule has 0 radical (unpaired) electrons. The fourth-order valence-electron chi connectivity index (χ4n) is 10.9. The molecule has 0 aliphatic rings. The van der Waals surface area contributed by atoms with Crippen molar-refractivity contribution in [3.05, 3.63) is 255 Å². The predicted octanol–water partition coefficient (Wildman–Crippen LogP) is 18.6. The van der Waals surface area contributed by atoms with E-state index in [-0.39, 0.29) is 0 Å². The number of para-hydroxylation sites is 2. The summed E-state index contributed by atoms with van der Waals surface area (Å²) in [5.41, 5.74) is 15.3. The average molecular weight is 879 g/mol. The highest BCUT2D eigenvalue weighted by Gasteiger charge is 2.22. The Morgan fingerprint density at radius 1 is 0.304 bits per heavy atom. The lowest BCUT2D eigenvalue weighted by Gasteiger charge is -2.28. The zero-order chi connectivity index (χ0) is 45.4. The normalized spacial score (nSPS) is 11.8. The number of hydrogen-bond acceptors (Lipinski definition) is 2. The number of rotatable bonds is 7. The van der Waals surface area contributed by atoms with E-state index in [9.17, 15) is 0 Å². The molecule has 0 unspecified atom stereocenters. The summed E-state index contributed by atoms with van der Waals surface area (Å²) in [4.78, 5) is 2.40. The van der Waals surface area contributed by atoms with Crippen LogP contribution >= 0.6 is 0 Å². The van der Waals surface area contributed by atoms with Gasteiger partial charge in [-0.15, -0.1) is 0 Å². The van der Waals surface area contributed by atoms with Crippen molar-refractivity contribution in [2.75, 3.05) is 4.90 Å². The number of fused-ring (bicyclic) bond motifs is 11. The van der Waals surface area contributed by atoms with Gasteiger partial charge >= 0.3 is 0 Å². The molecule has 12 aromatic carbocycles. The molecule has 322 valence electrons. The smallest absolute Gasteiger partial charge is 0.143 e. The highest BCUT2D eigenvalue weighted by Crippen LogP contribution is 2.46. The van der Waals surface area contributed by atoms with Gasteiger partial charge < -0.3 is 13.9 Å². The number of furan rings is 1. The molecule has 0 fully saturated rings. The minimum absolute atomic E-state index is 0.850. The molecule has 0 amide bonds. The Hall–Kier alpha value is -9.18. The van der Waals surface area contributed by atoms with Crippen molar-refractivity contribution < 1.29 is 4.42 Å². The largest absolute Gasteiger partial charge is 0.455 e. The molecule has 3 heteroatoms. The van der Waals surface area contributed by atoms with Crippen LogP contribution in [0.5, 0.6) is 0 Å². The predicted molar refractivity (Wildman–Crippen MR) is 292 cm³/mol. The van der Waals surface area contributed by atoms with Crippen molar-refractivity contribution in [1.29, 1.82) is 0 Å². The van der Waals surface area contributed by atoms with Crippen LogP contribution in [0.1, 0.15) is 0 Å². The topological polar surface area (TPSA) is 21.3 Å². The molecule has 0 spiro atoms. The van der Waals surface area contributed by atoms with Crippen molar-refractivity contribution in [3.63, 3.8) is 0 Å². The maximum absolute atomic E-state index is 6.84. The summed E-state index contributed by atoms with van der Waals surface area (Å²) >= 11 is 0. The van der Waals surface area contributed by atoms with E-state index >= 15 is 0 Å². The Morgan fingerprint density at radius 2 is 0.913 bits per heavy atom. The third kappa shape index (κ3) is 6.36. The van der Waals surface area contributed by atoms with Gasteiger partial charge in [0.25, 0.3) is 0 Å². The average Bonchev–Trinajstić information content (AvgIpc) is 3.97. The number of aromatic nitrogens is 1. The third-order valence-corrected chi connectivity index (χ3v) is 14.1. The van der Waals surface area contributed by atoms with Crippen LogP contribution in [0.2, 0.25) is 0 Å². The van der Waals surface area contributed by atoms with E-state index < -0.39 is 0 Å². The van der Waals surface area contributed by atoms with E-state index in [2.05, 4.69) is 264 Å². The lowest BCUT2D eigenvalue weighted by atomic mass is 9.91. The minimum Gasteiger partial charge on any atom is -0.455 e. The molecule has 14 aromatic rings. The second-order valence-electron chi connectivity index (χ2n) is 18.0. The minimum atomic E-state index is 0.850. The van der Waals surface area contributed by atoms with Gasteiger partial charge in [0, 0.05) is 55.6 Å². The third-order valence-electron chi connectivity index (χ3n) is 14.1. The Balaban J connectivity index is 0.950. The fraction of sp³-hybridized carbons (Fsp3) is 0. The first kappa shape index (κ1) is 39.0. The molecule has 0 aliphatic heterocycles. The number of benzene rings is 12. The summed E-state index contributed by atoms with van der Waals surface area (Å²) in [5.74, 6) is 0. The van der Waals surface area contributed by atoms with Gasteiger partial charge in [0.2, 0.25) is 0 Å². The van der Waals surface area contributed by atoms with Gasteiger partial charge in [0.15, 0.2) is 0 Å². The van der Waals surface area contributed by atoms with E-state index in [1.165, 1.54) is 54.3 Å². The highest BCUT2D eigenvalue weighted by molar-refractivity contribution is 6.16. The molecule has 0 saturated carbocycles. The molecule has 0 bridgehead atoms. The molecule has 2 heterocycles. The molecule has 0 atom stereocenters. The molecule has 0 aliphatic carbocycles. The number of hydrogen-bond donors (Lipinski definition) is 0. The van der Waals surface area contributed by atoms with Crippen LogP contribution in [0.15, 0.2) is 259 Å². The van der Waals surface area contributed by atoms with E-state index in [0.717, 1.165) is 77.9 Å². The van der Waals surface area contributed by atoms with Crippen LogP contribution in [0.25, 0.3) is 115 Å². The van der Waals surface area contributed by atoms with E-state index in [0.29, 0.717) is 0 Å². The molecular weight excluding hydrogens is 837 g/mol. The first-order chi connectivity index (χ1) is 34.2. The SMILES string of the molecule is c1ccc(-c2cc(-c3cc4ccccc4c4ccccc34)ccc2N(c2ccc(-c3cccc(-n4c5ccccc5c5ccccc54)c3)cc2)c2ccc3c(c2)oc2c4ccccc4ccc32)cc1. The van der Waals surface area contributed by atoms with E-state index in [1.807, 2.05) is 0 Å². The van der Waals surface area contributed by atoms with Gasteiger partial charge in [-0.1, -0.05) is 176 Å². The van der Waals surface area contributed by atoms with Crippen LogP contribution in [0.3, 0.4) is 0 Å².